The monoisotopic (exact) mass is 483 g/mol. The van der Waals surface area contributed by atoms with Crippen LogP contribution in [0.4, 0.5) is 10.5 Å². The zero-order valence-electron chi connectivity index (χ0n) is 19.8. The molecule has 1 aliphatic heterocycles. The number of amides is 1. The van der Waals surface area contributed by atoms with Crippen molar-refractivity contribution in [3.05, 3.63) is 94.7 Å². The van der Waals surface area contributed by atoms with Crippen LogP contribution in [0.3, 0.4) is 0 Å². The second kappa shape index (κ2) is 10.0. The van der Waals surface area contributed by atoms with Gasteiger partial charge in [-0.2, -0.15) is 0 Å². The molecule has 1 amide bonds. The van der Waals surface area contributed by atoms with E-state index in [1.54, 1.807) is 4.90 Å². The third-order valence-corrected chi connectivity index (χ3v) is 6.45. The summed E-state index contributed by atoms with van der Waals surface area (Å²) >= 11 is 0. The number of carbonyl (C=O) groups is 1. The first-order valence-corrected chi connectivity index (χ1v) is 11.8. The smallest absolute Gasteiger partial charge is 0.415 e. The highest BCUT2D eigenvalue weighted by Crippen LogP contribution is 2.30. The Balaban J connectivity index is 1.16. The predicted octanol–water partition coefficient (Wildman–Crippen LogP) is 6.16. The van der Waals surface area contributed by atoms with E-state index in [0.29, 0.717) is 25.9 Å². The zero-order chi connectivity index (χ0) is 25.1. The number of benzene rings is 3. The maximum absolute atomic E-state index is 12.5. The van der Waals surface area contributed by atoms with Crippen LogP contribution < -0.4 is 9.47 Å². The Kier molecular flexibility index (Phi) is 6.49. The Morgan fingerprint density at radius 3 is 2.36 bits per heavy atom. The lowest BCUT2D eigenvalue weighted by Gasteiger charge is -2.31. The minimum Gasteiger partial charge on any atom is -0.490 e. The number of fused-ring (bicyclic) bond motifs is 1. The molecule has 0 unspecified atom stereocenters. The number of nitro groups is 1. The molecule has 0 radical (unpaired) electrons. The van der Waals surface area contributed by atoms with Gasteiger partial charge in [-0.15, -0.1) is 0 Å². The van der Waals surface area contributed by atoms with Crippen molar-refractivity contribution in [2.75, 3.05) is 13.1 Å². The quantitative estimate of drug-likeness (QED) is 0.249. The van der Waals surface area contributed by atoms with Crippen LogP contribution in [0.25, 0.3) is 22.0 Å². The van der Waals surface area contributed by atoms with Gasteiger partial charge >= 0.3 is 6.09 Å². The molecule has 0 bridgehead atoms. The van der Waals surface area contributed by atoms with Gasteiger partial charge in [-0.1, -0.05) is 30.3 Å². The molecule has 5 rings (SSSR count). The standard InChI is InChI=1S/C28H25N3O5/c1-19-26(13-6-21-3-2-16-29-27(19)21)20-4-9-23(10-5-20)35-25-14-17-30(18-15-25)28(32)36-24-11-7-22(8-12-24)31(33)34/h2-13,16,25H,14-15,17-18H2,1H3. The van der Waals surface area contributed by atoms with E-state index in [0.717, 1.165) is 33.3 Å². The topological polar surface area (TPSA) is 94.8 Å². The largest absolute Gasteiger partial charge is 0.490 e. The number of nitrogens with zero attached hydrogens (tertiary/aromatic N) is 3. The highest BCUT2D eigenvalue weighted by Gasteiger charge is 2.25. The fraction of sp³-hybridized carbons (Fsp3) is 0.214. The molecular weight excluding hydrogens is 458 g/mol. The number of non-ortho nitro benzene ring substituents is 1. The first-order valence-electron chi connectivity index (χ1n) is 11.8. The van der Waals surface area contributed by atoms with Crippen LogP contribution in [0.5, 0.6) is 11.5 Å². The number of rotatable bonds is 5. The number of ether oxygens (including phenoxy) is 2. The highest BCUT2D eigenvalue weighted by atomic mass is 16.6. The number of aromatic nitrogens is 1. The Morgan fingerprint density at radius 1 is 0.972 bits per heavy atom. The van der Waals surface area contributed by atoms with Crippen LogP contribution in [-0.4, -0.2) is 40.1 Å². The molecule has 8 heteroatoms. The van der Waals surface area contributed by atoms with Crippen LogP contribution >= 0.6 is 0 Å². The molecule has 1 aliphatic rings. The van der Waals surface area contributed by atoms with Gasteiger partial charge in [0, 0.05) is 49.6 Å². The number of hydrogen-bond donors (Lipinski definition) is 0. The van der Waals surface area contributed by atoms with E-state index in [1.807, 2.05) is 24.4 Å². The molecule has 1 aromatic heterocycles. The lowest BCUT2D eigenvalue weighted by atomic mass is 9.98. The van der Waals surface area contributed by atoms with Crippen molar-refractivity contribution in [2.24, 2.45) is 0 Å². The lowest BCUT2D eigenvalue weighted by molar-refractivity contribution is -0.384. The second-order valence-corrected chi connectivity index (χ2v) is 8.76. The van der Waals surface area contributed by atoms with Gasteiger partial charge in [0.2, 0.25) is 0 Å². The molecule has 36 heavy (non-hydrogen) atoms. The van der Waals surface area contributed by atoms with Gasteiger partial charge in [-0.05, 0) is 53.9 Å². The molecule has 1 fully saturated rings. The van der Waals surface area contributed by atoms with Crippen molar-refractivity contribution >= 4 is 22.7 Å². The molecule has 1 saturated heterocycles. The Morgan fingerprint density at radius 2 is 1.67 bits per heavy atom. The van der Waals surface area contributed by atoms with Crippen molar-refractivity contribution in [3.8, 4) is 22.6 Å². The Hall–Kier alpha value is -4.46. The van der Waals surface area contributed by atoms with E-state index in [4.69, 9.17) is 9.47 Å². The van der Waals surface area contributed by atoms with Gasteiger partial charge in [-0.25, -0.2) is 4.79 Å². The molecule has 0 saturated carbocycles. The zero-order valence-corrected chi connectivity index (χ0v) is 19.8. The van der Waals surface area contributed by atoms with Crippen LogP contribution in [0.2, 0.25) is 0 Å². The summed E-state index contributed by atoms with van der Waals surface area (Å²) in [7, 11) is 0. The van der Waals surface area contributed by atoms with Crippen LogP contribution in [0.1, 0.15) is 18.4 Å². The molecule has 0 N–H and O–H groups in total. The minimum atomic E-state index is -0.494. The van der Waals surface area contributed by atoms with E-state index in [-0.39, 0.29) is 17.5 Å². The van der Waals surface area contributed by atoms with Crippen molar-refractivity contribution < 1.29 is 19.2 Å². The number of piperidine rings is 1. The van der Waals surface area contributed by atoms with Crippen LogP contribution in [0.15, 0.2) is 79.0 Å². The number of carbonyl (C=O) groups excluding carboxylic acids is 1. The maximum Gasteiger partial charge on any atom is 0.415 e. The molecule has 0 spiro atoms. The van der Waals surface area contributed by atoms with Crippen molar-refractivity contribution in [2.45, 2.75) is 25.9 Å². The Labute approximate surface area is 208 Å². The van der Waals surface area contributed by atoms with Gasteiger partial charge in [0.1, 0.15) is 17.6 Å². The normalized spacial score (nSPS) is 14.0. The van der Waals surface area contributed by atoms with E-state index < -0.39 is 11.0 Å². The molecule has 0 aliphatic carbocycles. The summed E-state index contributed by atoms with van der Waals surface area (Å²) < 4.78 is 11.5. The van der Waals surface area contributed by atoms with Gasteiger partial charge in [-0.3, -0.25) is 15.1 Å². The second-order valence-electron chi connectivity index (χ2n) is 8.76. The summed E-state index contributed by atoms with van der Waals surface area (Å²) in [5.41, 5.74) is 4.36. The summed E-state index contributed by atoms with van der Waals surface area (Å²) in [6.07, 6.45) is 2.73. The first-order chi connectivity index (χ1) is 17.5. The molecule has 2 heterocycles. The summed E-state index contributed by atoms with van der Waals surface area (Å²) in [4.78, 5) is 28.9. The predicted molar refractivity (Wildman–Crippen MR) is 136 cm³/mol. The first kappa shape index (κ1) is 23.3. The maximum atomic E-state index is 12.5. The van der Waals surface area contributed by atoms with Gasteiger partial charge in [0.25, 0.3) is 5.69 Å². The highest BCUT2D eigenvalue weighted by molar-refractivity contribution is 5.88. The fourth-order valence-corrected chi connectivity index (χ4v) is 4.47. The Bertz CT molecular complexity index is 1400. The third kappa shape index (κ3) is 4.98. The average molecular weight is 484 g/mol. The van der Waals surface area contributed by atoms with Crippen LogP contribution in [-0.2, 0) is 0 Å². The van der Waals surface area contributed by atoms with Crippen LogP contribution in [0, 0.1) is 17.0 Å². The minimum absolute atomic E-state index is 0.00544. The molecular formula is C28H25N3O5. The fourth-order valence-electron chi connectivity index (χ4n) is 4.47. The van der Waals surface area contributed by atoms with E-state index in [9.17, 15) is 14.9 Å². The van der Waals surface area contributed by atoms with Gasteiger partial charge in [0.05, 0.1) is 10.4 Å². The number of hydrogen-bond acceptors (Lipinski definition) is 6. The number of pyridine rings is 1. The van der Waals surface area contributed by atoms with E-state index >= 15 is 0 Å². The van der Waals surface area contributed by atoms with Crippen molar-refractivity contribution in [1.29, 1.82) is 0 Å². The molecule has 4 aromatic rings. The third-order valence-electron chi connectivity index (χ3n) is 6.45. The number of likely N-dealkylation sites (tertiary alicyclic amines) is 1. The summed E-state index contributed by atoms with van der Waals surface area (Å²) in [6, 6.07) is 21.8. The number of nitro benzene ring substituents is 1. The molecule has 8 nitrogen and oxygen atoms in total. The number of aryl methyl sites for hydroxylation is 1. The summed E-state index contributed by atoms with van der Waals surface area (Å²) in [5.74, 6) is 1.07. The average Bonchev–Trinajstić information content (AvgIpc) is 2.90. The van der Waals surface area contributed by atoms with Gasteiger partial charge < -0.3 is 14.4 Å². The van der Waals surface area contributed by atoms with E-state index in [1.165, 1.54) is 24.3 Å². The summed E-state index contributed by atoms with van der Waals surface area (Å²) in [5, 5.41) is 11.9. The van der Waals surface area contributed by atoms with E-state index in [2.05, 4.69) is 42.2 Å². The van der Waals surface area contributed by atoms with Crippen molar-refractivity contribution in [3.63, 3.8) is 0 Å². The summed E-state index contributed by atoms with van der Waals surface area (Å²) in [6.45, 7) is 3.12. The lowest BCUT2D eigenvalue weighted by Crippen LogP contribution is -2.43. The van der Waals surface area contributed by atoms with Gasteiger partial charge in [0.15, 0.2) is 0 Å². The molecule has 0 atom stereocenters. The SMILES string of the molecule is Cc1c(-c2ccc(OC3CCN(C(=O)Oc4ccc([N+](=O)[O-])cc4)CC3)cc2)ccc2cccnc12. The van der Waals surface area contributed by atoms with Crippen molar-refractivity contribution in [1.82, 2.24) is 9.88 Å². The molecule has 182 valence electrons. The molecule has 3 aromatic carbocycles.